The molecule has 144 valence electrons. The Morgan fingerprint density at radius 1 is 1.19 bits per heavy atom. The molecule has 0 spiro atoms. The molecule has 2 saturated heterocycles. The molecule has 4 rings (SSSR count). The Morgan fingerprint density at radius 2 is 1.96 bits per heavy atom. The van der Waals surface area contributed by atoms with Crippen LogP contribution in [0, 0.1) is 12.8 Å². The highest BCUT2D eigenvalue weighted by atomic mass is 16.5. The van der Waals surface area contributed by atoms with Crippen LogP contribution in [0.2, 0.25) is 0 Å². The smallest absolute Gasteiger partial charge is 0.251 e. The number of likely N-dealkylation sites (tertiary alicyclic amines) is 1. The number of furan rings is 1. The van der Waals surface area contributed by atoms with Gasteiger partial charge in [-0.3, -0.25) is 9.59 Å². The number of amides is 2. The normalized spacial score (nSPS) is 20.9. The van der Waals surface area contributed by atoms with Crippen LogP contribution in [0.15, 0.2) is 28.7 Å². The minimum absolute atomic E-state index is 0.0408. The highest BCUT2D eigenvalue weighted by Crippen LogP contribution is 2.25. The van der Waals surface area contributed by atoms with Crippen LogP contribution in [-0.4, -0.2) is 42.5 Å². The number of aryl methyl sites for hydroxylation is 1. The molecule has 27 heavy (non-hydrogen) atoms. The van der Waals surface area contributed by atoms with Gasteiger partial charge in [-0.25, -0.2) is 0 Å². The van der Waals surface area contributed by atoms with Gasteiger partial charge in [-0.2, -0.15) is 0 Å². The first-order valence-electron chi connectivity index (χ1n) is 9.78. The molecule has 1 N–H and O–H groups in total. The van der Waals surface area contributed by atoms with Crippen LogP contribution in [0.5, 0.6) is 0 Å². The third-order valence-electron chi connectivity index (χ3n) is 5.75. The summed E-state index contributed by atoms with van der Waals surface area (Å²) in [5.41, 5.74) is 1.92. The molecular weight excluding hydrogens is 344 g/mol. The molecule has 1 aromatic heterocycles. The predicted octanol–water partition coefficient (Wildman–Crippen LogP) is 2.78. The zero-order chi connectivity index (χ0) is 18.8. The molecule has 2 amide bonds. The van der Waals surface area contributed by atoms with Gasteiger partial charge in [0.2, 0.25) is 5.91 Å². The van der Waals surface area contributed by atoms with Crippen molar-refractivity contribution in [3.8, 4) is 0 Å². The molecule has 0 radical (unpaired) electrons. The van der Waals surface area contributed by atoms with Crippen molar-refractivity contribution in [2.24, 2.45) is 5.92 Å². The average molecular weight is 370 g/mol. The average Bonchev–Trinajstić information content (AvgIpc) is 3.35. The van der Waals surface area contributed by atoms with Crippen molar-refractivity contribution in [1.82, 2.24) is 10.2 Å². The number of nitrogens with zero attached hydrogens (tertiary/aromatic N) is 1. The van der Waals surface area contributed by atoms with E-state index in [4.69, 9.17) is 9.15 Å². The largest absolute Gasteiger partial charge is 0.459 e. The highest BCUT2D eigenvalue weighted by molar-refractivity contribution is 5.83. The Bertz CT molecular complexity index is 830. The quantitative estimate of drug-likeness (QED) is 0.898. The van der Waals surface area contributed by atoms with Crippen LogP contribution >= 0.6 is 0 Å². The van der Waals surface area contributed by atoms with Crippen LogP contribution in [-0.2, 0) is 20.9 Å². The summed E-state index contributed by atoms with van der Waals surface area (Å²) < 4.78 is 11.3. The van der Waals surface area contributed by atoms with E-state index in [1.165, 1.54) is 0 Å². The second kappa shape index (κ2) is 7.72. The number of carbonyl (C=O) groups excluding carboxylic acids is 2. The summed E-state index contributed by atoms with van der Waals surface area (Å²) in [7, 11) is 0. The molecule has 6 nitrogen and oxygen atoms in total. The van der Waals surface area contributed by atoms with Crippen LogP contribution in [0.1, 0.15) is 37.0 Å². The van der Waals surface area contributed by atoms with Crippen molar-refractivity contribution in [2.45, 2.75) is 45.3 Å². The molecule has 2 aliphatic heterocycles. The van der Waals surface area contributed by atoms with Gasteiger partial charge in [0.1, 0.15) is 17.4 Å². The summed E-state index contributed by atoms with van der Waals surface area (Å²) in [5.74, 6) is 0.877. The molecule has 3 heterocycles. The second-order valence-electron chi connectivity index (χ2n) is 7.47. The van der Waals surface area contributed by atoms with E-state index in [2.05, 4.69) is 5.32 Å². The number of piperidine rings is 1. The Morgan fingerprint density at radius 3 is 2.67 bits per heavy atom. The van der Waals surface area contributed by atoms with Gasteiger partial charge in [0.25, 0.3) is 5.91 Å². The monoisotopic (exact) mass is 370 g/mol. The van der Waals surface area contributed by atoms with Crippen LogP contribution in [0.3, 0.4) is 0 Å². The van der Waals surface area contributed by atoms with Gasteiger partial charge in [-0.1, -0.05) is 18.2 Å². The van der Waals surface area contributed by atoms with Crippen molar-refractivity contribution in [3.63, 3.8) is 0 Å². The third kappa shape index (κ3) is 3.72. The number of benzene rings is 1. The Hall–Kier alpha value is -2.34. The number of rotatable bonds is 4. The number of nitrogens with one attached hydrogen (secondary N) is 1. The number of ether oxygens (including phenoxy) is 1. The number of hydrogen-bond acceptors (Lipinski definition) is 4. The molecule has 1 atom stereocenters. The first-order valence-corrected chi connectivity index (χ1v) is 9.78. The van der Waals surface area contributed by atoms with E-state index in [0.29, 0.717) is 39.1 Å². The summed E-state index contributed by atoms with van der Waals surface area (Å²) in [6.45, 7) is 4.34. The van der Waals surface area contributed by atoms with Gasteiger partial charge in [-0.15, -0.1) is 0 Å². The Kier molecular flexibility index (Phi) is 5.16. The first-order chi connectivity index (χ1) is 13.1. The fraction of sp³-hybridized carbons (Fsp3) is 0.524. The van der Waals surface area contributed by atoms with E-state index in [0.717, 1.165) is 35.1 Å². The molecule has 6 heteroatoms. The zero-order valence-electron chi connectivity index (χ0n) is 15.7. The van der Waals surface area contributed by atoms with Gasteiger partial charge < -0.3 is 19.4 Å². The molecule has 0 saturated carbocycles. The predicted molar refractivity (Wildman–Crippen MR) is 101 cm³/mol. The Balaban J connectivity index is 1.29. The molecule has 2 aliphatic rings. The van der Waals surface area contributed by atoms with E-state index in [9.17, 15) is 9.59 Å². The summed E-state index contributed by atoms with van der Waals surface area (Å²) in [6.07, 6.45) is 2.89. The topological polar surface area (TPSA) is 71.8 Å². The third-order valence-corrected chi connectivity index (χ3v) is 5.75. The fourth-order valence-corrected chi connectivity index (χ4v) is 4.04. The van der Waals surface area contributed by atoms with Gasteiger partial charge in [0, 0.05) is 36.6 Å². The van der Waals surface area contributed by atoms with E-state index < -0.39 is 0 Å². The standard InChI is InChI=1S/C21H26N2O4/c1-14-16-5-2-3-6-17(16)27-19(14)13-22-20(24)15-8-10-23(11-9-15)21(25)18-7-4-12-26-18/h2-3,5-6,15,18H,4,7-13H2,1H3,(H,22,24). The fourth-order valence-electron chi connectivity index (χ4n) is 4.04. The van der Waals surface area contributed by atoms with Crippen molar-refractivity contribution in [1.29, 1.82) is 0 Å². The number of para-hydroxylation sites is 1. The lowest BCUT2D eigenvalue weighted by molar-refractivity contribution is -0.143. The Labute approximate surface area is 158 Å². The van der Waals surface area contributed by atoms with E-state index in [1.807, 2.05) is 36.1 Å². The molecule has 1 aromatic carbocycles. The first kappa shape index (κ1) is 18.0. The van der Waals surface area contributed by atoms with E-state index in [-0.39, 0.29) is 23.8 Å². The van der Waals surface area contributed by atoms with Crippen LogP contribution in [0.25, 0.3) is 11.0 Å². The molecule has 0 aliphatic carbocycles. The van der Waals surface area contributed by atoms with Gasteiger partial charge in [0.05, 0.1) is 6.54 Å². The van der Waals surface area contributed by atoms with E-state index in [1.54, 1.807) is 0 Å². The van der Waals surface area contributed by atoms with Gasteiger partial charge >= 0.3 is 0 Å². The molecule has 2 aromatic rings. The highest BCUT2D eigenvalue weighted by Gasteiger charge is 2.32. The lowest BCUT2D eigenvalue weighted by Gasteiger charge is -2.32. The molecule has 0 bridgehead atoms. The minimum atomic E-state index is -0.272. The number of fused-ring (bicyclic) bond motifs is 1. The van der Waals surface area contributed by atoms with Crippen molar-refractivity contribution >= 4 is 22.8 Å². The molecular formula is C21H26N2O4. The minimum Gasteiger partial charge on any atom is -0.459 e. The van der Waals surface area contributed by atoms with Gasteiger partial charge in [-0.05, 0) is 38.7 Å². The lowest BCUT2D eigenvalue weighted by atomic mass is 9.95. The maximum Gasteiger partial charge on any atom is 0.251 e. The maximum atomic E-state index is 12.5. The van der Waals surface area contributed by atoms with Crippen LogP contribution < -0.4 is 5.32 Å². The summed E-state index contributed by atoms with van der Waals surface area (Å²) in [6, 6.07) is 7.90. The molecule has 2 fully saturated rings. The van der Waals surface area contributed by atoms with Crippen molar-refractivity contribution < 1.29 is 18.7 Å². The van der Waals surface area contributed by atoms with Gasteiger partial charge in [0.15, 0.2) is 0 Å². The van der Waals surface area contributed by atoms with Crippen molar-refractivity contribution in [3.05, 3.63) is 35.6 Å². The second-order valence-corrected chi connectivity index (χ2v) is 7.47. The number of carbonyl (C=O) groups is 2. The summed E-state index contributed by atoms with van der Waals surface area (Å²) in [5, 5.41) is 4.09. The molecule has 1 unspecified atom stereocenters. The van der Waals surface area contributed by atoms with E-state index >= 15 is 0 Å². The number of hydrogen-bond donors (Lipinski definition) is 1. The zero-order valence-corrected chi connectivity index (χ0v) is 15.7. The summed E-state index contributed by atoms with van der Waals surface area (Å²) in [4.78, 5) is 26.8. The van der Waals surface area contributed by atoms with Crippen molar-refractivity contribution in [2.75, 3.05) is 19.7 Å². The van der Waals surface area contributed by atoms with Crippen LogP contribution in [0.4, 0.5) is 0 Å². The lowest BCUT2D eigenvalue weighted by Crippen LogP contribution is -2.46. The maximum absolute atomic E-state index is 12.5. The summed E-state index contributed by atoms with van der Waals surface area (Å²) >= 11 is 0. The SMILES string of the molecule is Cc1c(CNC(=O)C2CCN(C(=O)C3CCCO3)CC2)oc2ccccc12.